The average molecular weight is 843 g/mol. The number of hydrogen-bond acceptors (Lipinski definition) is 10. The molecule has 14 heteroatoms. The molecule has 7 rings (SSSR count). The van der Waals surface area contributed by atoms with E-state index in [4.69, 9.17) is 14.2 Å². The molecule has 3 amide bonds. The van der Waals surface area contributed by atoms with Crippen molar-refractivity contribution >= 4 is 40.0 Å². The maximum atomic E-state index is 14.5. The number of esters is 1. The van der Waals surface area contributed by atoms with Gasteiger partial charge in [0, 0.05) is 19.3 Å². The first kappa shape index (κ1) is 42.3. The van der Waals surface area contributed by atoms with Crippen molar-refractivity contribution < 1.29 is 41.8 Å². The molecule has 0 bridgehead atoms. The first-order valence-corrected chi connectivity index (χ1v) is 21.4. The fourth-order valence-corrected chi connectivity index (χ4v) is 9.79. The van der Waals surface area contributed by atoms with Crippen LogP contribution in [0.2, 0.25) is 0 Å². The van der Waals surface area contributed by atoms with Crippen LogP contribution in [0.5, 0.6) is 0 Å². The molecule has 0 saturated carbocycles. The molecule has 0 radical (unpaired) electrons. The predicted molar refractivity (Wildman–Crippen MR) is 228 cm³/mol. The number of β-lactam (4-membered cyclic amide) rings is 1. The minimum Gasteiger partial charge on any atom is -0.451 e. The van der Waals surface area contributed by atoms with E-state index in [2.05, 4.69) is 15.6 Å². The molecule has 2 saturated heterocycles. The molecule has 1 unspecified atom stereocenters. The molecule has 3 atom stereocenters. The second kappa shape index (κ2) is 17.8. The zero-order valence-corrected chi connectivity index (χ0v) is 34.7. The van der Waals surface area contributed by atoms with Gasteiger partial charge in [-0.25, -0.2) is 22.8 Å². The van der Waals surface area contributed by atoms with Crippen LogP contribution in [0.15, 0.2) is 145 Å². The Morgan fingerprint density at radius 1 is 0.787 bits per heavy atom. The largest absolute Gasteiger partial charge is 0.451 e. The van der Waals surface area contributed by atoms with E-state index in [1.54, 1.807) is 80.6 Å². The summed E-state index contributed by atoms with van der Waals surface area (Å²) in [6.07, 6.45) is 0.641. The van der Waals surface area contributed by atoms with E-state index in [0.29, 0.717) is 16.8 Å². The minimum atomic E-state index is -4.43. The minimum absolute atomic E-state index is 0.0540. The van der Waals surface area contributed by atoms with Gasteiger partial charge in [0.05, 0.1) is 11.3 Å². The second-order valence-electron chi connectivity index (χ2n) is 15.4. The van der Waals surface area contributed by atoms with Gasteiger partial charge < -0.3 is 29.7 Å². The molecule has 13 nitrogen and oxygen atoms in total. The van der Waals surface area contributed by atoms with Crippen molar-refractivity contribution in [2.45, 2.75) is 55.1 Å². The van der Waals surface area contributed by atoms with E-state index in [1.165, 1.54) is 19.2 Å². The smallest absolute Gasteiger partial charge is 0.408 e. The number of amides is 3. The number of aromatic nitrogens is 1. The lowest BCUT2D eigenvalue weighted by Gasteiger charge is -2.39. The van der Waals surface area contributed by atoms with Crippen molar-refractivity contribution in [3.63, 3.8) is 0 Å². The number of nitrogens with one attached hydrogen (secondary N) is 2. The van der Waals surface area contributed by atoms with Crippen molar-refractivity contribution in [2.24, 2.45) is 0 Å². The fourth-order valence-electron chi connectivity index (χ4n) is 7.51. The van der Waals surface area contributed by atoms with E-state index < -0.39 is 68.4 Å². The van der Waals surface area contributed by atoms with Gasteiger partial charge >= 0.3 is 18.2 Å². The lowest BCUT2D eigenvalue weighted by molar-refractivity contribution is -0.161. The SMILES string of the molecule is CC(C)(OC(=O)NCCCNC(=O)OC[C@@]1(C)[C@H](C(=O)OC(c2ccccc2)c2ccccc2)N2C(=O)/C(=C/c3ccccn3)C2S1(=O)=O)c1ccc(-c2ccccc2)cc1. The summed E-state index contributed by atoms with van der Waals surface area (Å²) in [6.45, 7) is 4.29. The third kappa shape index (κ3) is 8.90. The van der Waals surface area contributed by atoms with Crippen molar-refractivity contribution in [1.82, 2.24) is 20.5 Å². The van der Waals surface area contributed by atoms with Crippen molar-refractivity contribution in [1.29, 1.82) is 0 Å². The summed E-state index contributed by atoms with van der Waals surface area (Å²) in [5.74, 6) is -1.66. The third-order valence-electron chi connectivity index (χ3n) is 10.9. The number of sulfone groups is 1. The lowest BCUT2D eigenvalue weighted by Crippen LogP contribution is -2.60. The van der Waals surface area contributed by atoms with Gasteiger partial charge in [-0.05, 0) is 73.2 Å². The van der Waals surface area contributed by atoms with Gasteiger partial charge in [-0.1, -0.05) is 121 Å². The van der Waals surface area contributed by atoms with Crippen LogP contribution in [0.25, 0.3) is 17.2 Å². The molecular formula is C47H46N4O9S. The second-order valence-corrected chi connectivity index (χ2v) is 17.9. The molecule has 61 heavy (non-hydrogen) atoms. The quantitative estimate of drug-likeness (QED) is 0.0392. The maximum Gasteiger partial charge on any atom is 0.408 e. The Hall–Kier alpha value is -6.80. The molecule has 3 heterocycles. The summed E-state index contributed by atoms with van der Waals surface area (Å²) in [4.78, 5) is 59.1. The standard InChI is InChI=1S/C47H46N4O9S/c1-46(2,36-25-23-33(24-26-36)32-16-7-4-8-17-32)60-45(55)50-29-15-28-49-44(54)58-31-47(3)40(43(53)59-39(34-18-9-5-10-19-34)35-20-11-6-12-21-35)51-41(52)38(42(51)61(47,56)57)30-37-22-13-14-27-48-37/h4-14,16-27,30,39-40,42H,15,28-29,31H2,1-3H3,(H,49,54)(H,50,55)/b38-30-/t40-,42?,47-/m0/s1. The number of benzene rings is 4. The van der Waals surface area contributed by atoms with Gasteiger partial charge in [-0.15, -0.1) is 0 Å². The van der Waals surface area contributed by atoms with Gasteiger partial charge in [0.1, 0.15) is 17.0 Å². The molecule has 5 aromatic rings. The highest BCUT2D eigenvalue weighted by atomic mass is 32.2. The monoisotopic (exact) mass is 842 g/mol. The number of rotatable bonds is 14. The number of carbonyl (C=O) groups excluding carboxylic acids is 4. The zero-order valence-electron chi connectivity index (χ0n) is 33.9. The van der Waals surface area contributed by atoms with E-state index in [1.807, 2.05) is 66.7 Å². The van der Waals surface area contributed by atoms with Crippen LogP contribution in [0.1, 0.15) is 55.7 Å². The highest BCUT2D eigenvalue weighted by Gasteiger charge is 2.73. The third-order valence-corrected chi connectivity index (χ3v) is 13.6. The van der Waals surface area contributed by atoms with E-state index in [0.717, 1.165) is 21.6 Å². The Labute approximate surface area is 354 Å². The molecular weight excluding hydrogens is 797 g/mol. The summed E-state index contributed by atoms with van der Waals surface area (Å²) in [5.41, 5.74) is 3.54. The van der Waals surface area contributed by atoms with E-state index >= 15 is 0 Å². The van der Waals surface area contributed by atoms with Gasteiger partial charge in [-0.2, -0.15) is 0 Å². The van der Waals surface area contributed by atoms with Crippen molar-refractivity contribution in [3.8, 4) is 11.1 Å². The van der Waals surface area contributed by atoms with Gasteiger partial charge in [0.2, 0.25) is 0 Å². The number of nitrogens with zero attached hydrogens (tertiary/aromatic N) is 2. The van der Waals surface area contributed by atoms with Crippen molar-refractivity contribution in [2.75, 3.05) is 19.7 Å². The summed E-state index contributed by atoms with van der Waals surface area (Å²) < 4.78 is 44.2. The number of carbonyl (C=O) groups is 4. The number of hydrogen-bond donors (Lipinski definition) is 2. The zero-order chi connectivity index (χ0) is 43.2. The first-order valence-electron chi connectivity index (χ1n) is 19.8. The molecule has 314 valence electrons. The molecule has 0 spiro atoms. The summed E-state index contributed by atoms with van der Waals surface area (Å²) >= 11 is 0. The Morgan fingerprint density at radius 2 is 1.34 bits per heavy atom. The molecule has 2 aliphatic rings. The molecule has 0 aliphatic carbocycles. The average Bonchev–Trinajstić information content (AvgIpc) is 3.44. The van der Waals surface area contributed by atoms with Crippen molar-refractivity contribution in [3.05, 3.63) is 168 Å². The topological polar surface area (TPSA) is 170 Å². The van der Waals surface area contributed by atoms with Crippen LogP contribution in [-0.2, 0) is 39.2 Å². The van der Waals surface area contributed by atoms with Crippen LogP contribution in [0.3, 0.4) is 0 Å². The molecule has 4 aromatic carbocycles. The molecule has 2 fully saturated rings. The first-order chi connectivity index (χ1) is 29.3. The van der Waals surface area contributed by atoms with Gasteiger partial charge in [0.15, 0.2) is 27.4 Å². The number of ether oxygens (including phenoxy) is 3. The van der Waals surface area contributed by atoms with E-state index in [-0.39, 0.29) is 25.1 Å². The Balaban J connectivity index is 0.989. The van der Waals surface area contributed by atoms with Crippen LogP contribution in [0.4, 0.5) is 9.59 Å². The Kier molecular flexibility index (Phi) is 12.4. The Morgan fingerprint density at radius 3 is 1.93 bits per heavy atom. The maximum absolute atomic E-state index is 14.5. The molecule has 2 aliphatic heterocycles. The number of pyridine rings is 1. The normalized spacial score (nSPS) is 19.7. The van der Waals surface area contributed by atoms with Gasteiger partial charge in [-0.3, -0.25) is 9.78 Å². The number of alkyl carbamates (subject to hydrolysis) is 2. The fraction of sp³-hybridized carbons (Fsp3) is 0.255. The Bertz CT molecular complexity index is 2460. The summed E-state index contributed by atoms with van der Waals surface area (Å²) in [6, 6.07) is 38.9. The highest BCUT2D eigenvalue weighted by molar-refractivity contribution is 7.94. The molecule has 1 aromatic heterocycles. The lowest BCUT2D eigenvalue weighted by atomic mass is 9.94. The van der Waals surface area contributed by atoms with Crippen LogP contribution < -0.4 is 10.6 Å². The van der Waals surface area contributed by atoms with Gasteiger partial charge in [0.25, 0.3) is 5.91 Å². The van der Waals surface area contributed by atoms with Crippen LogP contribution in [0, 0.1) is 0 Å². The molecule has 2 N–H and O–H groups in total. The predicted octanol–water partition coefficient (Wildman–Crippen LogP) is 6.97. The highest BCUT2D eigenvalue weighted by Crippen LogP contribution is 2.50. The number of fused-ring (bicyclic) bond motifs is 1. The van der Waals surface area contributed by atoms with Crippen LogP contribution >= 0.6 is 0 Å². The summed E-state index contributed by atoms with van der Waals surface area (Å²) in [7, 11) is -4.43. The van der Waals surface area contributed by atoms with E-state index in [9.17, 15) is 27.6 Å². The summed E-state index contributed by atoms with van der Waals surface area (Å²) in [5, 5.41) is 3.74. The van der Waals surface area contributed by atoms with Crippen LogP contribution in [-0.4, -0.2) is 78.2 Å².